The van der Waals surface area contributed by atoms with Crippen molar-refractivity contribution in [1.82, 2.24) is 5.32 Å². The van der Waals surface area contributed by atoms with Crippen molar-refractivity contribution in [3.8, 4) is 0 Å². The highest BCUT2D eigenvalue weighted by molar-refractivity contribution is 6.31. The van der Waals surface area contributed by atoms with E-state index >= 15 is 0 Å². The second-order valence-corrected chi connectivity index (χ2v) is 7.19. The molecule has 1 unspecified atom stereocenters. The molecule has 0 bridgehead atoms. The summed E-state index contributed by atoms with van der Waals surface area (Å²) in [5, 5.41) is 4.70. The summed E-state index contributed by atoms with van der Waals surface area (Å²) in [5.41, 5.74) is 1.33. The summed E-state index contributed by atoms with van der Waals surface area (Å²) in [5.74, 6) is 1.49. The zero-order chi connectivity index (χ0) is 14.5. The average molecular weight is 294 g/mol. The van der Waals surface area contributed by atoms with Crippen LogP contribution < -0.4 is 5.32 Å². The lowest BCUT2D eigenvalue weighted by atomic mass is 9.75. The van der Waals surface area contributed by atoms with Gasteiger partial charge in [0.2, 0.25) is 0 Å². The van der Waals surface area contributed by atoms with Crippen LogP contribution in [0.2, 0.25) is 5.02 Å². The molecule has 2 rings (SSSR count). The van der Waals surface area contributed by atoms with Crippen LogP contribution in [0.3, 0.4) is 0 Å². The zero-order valence-corrected chi connectivity index (χ0v) is 13.8. The predicted molar refractivity (Wildman–Crippen MR) is 88.5 cm³/mol. The van der Waals surface area contributed by atoms with Crippen molar-refractivity contribution in [2.45, 2.75) is 70.9 Å². The van der Waals surface area contributed by atoms with E-state index in [-0.39, 0.29) is 0 Å². The molecule has 1 N–H and O–H groups in total. The first-order valence-corrected chi connectivity index (χ1v) is 8.44. The van der Waals surface area contributed by atoms with Gasteiger partial charge >= 0.3 is 0 Å². The number of hydrogen-bond donors (Lipinski definition) is 1. The van der Waals surface area contributed by atoms with Gasteiger partial charge in [0.25, 0.3) is 0 Å². The fraction of sp³-hybridized carbons (Fsp3) is 0.667. The quantitative estimate of drug-likeness (QED) is 0.710. The van der Waals surface area contributed by atoms with Gasteiger partial charge in [-0.25, -0.2) is 0 Å². The van der Waals surface area contributed by atoms with Crippen molar-refractivity contribution >= 4 is 11.6 Å². The third kappa shape index (κ3) is 4.49. The number of halogens is 1. The van der Waals surface area contributed by atoms with E-state index in [1.807, 2.05) is 12.1 Å². The van der Waals surface area contributed by atoms with E-state index < -0.39 is 0 Å². The topological polar surface area (TPSA) is 12.0 Å². The van der Waals surface area contributed by atoms with Crippen LogP contribution in [0.4, 0.5) is 0 Å². The minimum atomic E-state index is 0.644. The monoisotopic (exact) mass is 293 g/mol. The van der Waals surface area contributed by atoms with Gasteiger partial charge < -0.3 is 5.32 Å². The standard InChI is InChI=1S/C18H28ClN/c1-13(2)7-6-8-14(3)20-16-11-15(12-16)17-9-4-5-10-18(17)19/h4-5,9-10,13-16,20H,6-8,11-12H2,1-3H3. The molecule has 1 aliphatic carbocycles. The van der Waals surface area contributed by atoms with Crippen LogP contribution in [0.5, 0.6) is 0 Å². The molecule has 1 atom stereocenters. The maximum absolute atomic E-state index is 6.26. The molecule has 0 spiro atoms. The molecule has 1 aromatic carbocycles. The van der Waals surface area contributed by atoms with E-state index in [1.54, 1.807) is 0 Å². The fourth-order valence-electron chi connectivity index (χ4n) is 3.13. The number of benzene rings is 1. The number of rotatable bonds is 7. The minimum Gasteiger partial charge on any atom is -0.311 e. The van der Waals surface area contributed by atoms with Crippen LogP contribution in [-0.2, 0) is 0 Å². The van der Waals surface area contributed by atoms with Crippen molar-refractivity contribution in [2.24, 2.45) is 5.92 Å². The molecule has 2 heteroatoms. The molecule has 112 valence electrons. The summed E-state index contributed by atoms with van der Waals surface area (Å²) < 4.78 is 0. The Morgan fingerprint density at radius 3 is 2.50 bits per heavy atom. The minimum absolute atomic E-state index is 0.644. The van der Waals surface area contributed by atoms with Gasteiger partial charge in [-0.2, -0.15) is 0 Å². The van der Waals surface area contributed by atoms with Gasteiger partial charge in [-0.1, -0.05) is 56.5 Å². The van der Waals surface area contributed by atoms with E-state index in [0.717, 1.165) is 10.9 Å². The Balaban J connectivity index is 1.68. The van der Waals surface area contributed by atoms with E-state index in [1.165, 1.54) is 37.7 Å². The Bertz CT molecular complexity index is 410. The zero-order valence-electron chi connectivity index (χ0n) is 13.0. The maximum atomic E-state index is 6.26. The van der Waals surface area contributed by atoms with Crippen LogP contribution in [-0.4, -0.2) is 12.1 Å². The molecule has 0 aliphatic heterocycles. The largest absolute Gasteiger partial charge is 0.311 e. The van der Waals surface area contributed by atoms with Gasteiger partial charge in [0, 0.05) is 17.1 Å². The Hall–Kier alpha value is -0.530. The Morgan fingerprint density at radius 1 is 1.15 bits per heavy atom. The highest BCUT2D eigenvalue weighted by atomic mass is 35.5. The predicted octanol–water partition coefficient (Wildman–Crippen LogP) is 5.39. The Morgan fingerprint density at radius 2 is 1.85 bits per heavy atom. The Labute approximate surface area is 129 Å². The summed E-state index contributed by atoms with van der Waals surface area (Å²) in [7, 11) is 0. The van der Waals surface area contributed by atoms with Gasteiger partial charge in [0.1, 0.15) is 0 Å². The first-order valence-electron chi connectivity index (χ1n) is 8.06. The van der Waals surface area contributed by atoms with Crippen LogP contribution in [0, 0.1) is 5.92 Å². The smallest absolute Gasteiger partial charge is 0.0440 e. The number of hydrogen-bond acceptors (Lipinski definition) is 1. The van der Waals surface area contributed by atoms with E-state index in [4.69, 9.17) is 11.6 Å². The molecule has 0 amide bonds. The van der Waals surface area contributed by atoms with Gasteiger partial charge in [-0.15, -0.1) is 0 Å². The van der Waals surface area contributed by atoms with E-state index in [9.17, 15) is 0 Å². The van der Waals surface area contributed by atoms with E-state index in [0.29, 0.717) is 18.0 Å². The second kappa shape index (κ2) is 7.47. The lowest BCUT2D eigenvalue weighted by Crippen LogP contribution is -2.44. The third-order valence-corrected chi connectivity index (χ3v) is 4.77. The molecule has 1 fully saturated rings. The molecule has 1 nitrogen and oxygen atoms in total. The molecule has 1 aromatic rings. The molecule has 20 heavy (non-hydrogen) atoms. The van der Waals surface area contributed by atoms with Crippen LogP contribution in [0.1, 0.15) is 64.4 Å². The molecule has 0 radical (unpaired) electrons. The van der Waals surface area contributed by atoms with Crippen molar-refractivity contribution in [3.63, 3.8) is 0 Å². The highest BCUT2D eigenvalue weighted by Gasteiger charge is 2.31. The normalized spacial score (nSPS) is 23.6. The third-order valence-electron chi connectivity index (χ3n) is 4.42. The maximum Gasteiger partial charge on any atom is 0.0440 e. The van der Waals surface area contributed by atoms with E-state index in [2.05, 4.69) is 38.2 Å². The summed E-state index contributed by atoms with van der Waals surface area (Å²) in [6.45, 7) is 6.93. The lowest BCUT2D eigenvalue weighted by Gasteiger charge is -2.38. The molecular formula is C18H28ClN. The van der Waals surface area contributed by atoms with Crippen molar-refractivity contribution in [2.75, 3.05) is 0 Å². The SMILES string of the molecule is CC(C)CCCC(C)NC1CC(c2ccccc2Cl)C1. The van der Waals surface area contributed by atoms with Gasteiger partial charge in [0.15, 0.2) is 0 Å². The van der Waals surface area contributed by atoms with Crippen molar-refractivity contribution in [3.05, 3.63) is 34.9 Å². The van der Waals surface area contributed by atoms with Gasteiger partial charge in [0.05, 0.1) is 0 Å². The molecule has 0 aromatic heterocycles. The summed E-state index contributed by atoms with van der Waals surface area (Å²) >= 11 is 6.26. The van der Waals surface area contributed by atoms with Gasteiger partial charge in [-0.05, 0) is 49.7 Å². The summed E-state index contributed by atoms with van der Waals surface area (Å²) in [6.07, 6.45) is 6.45. The van der Waals surface area contributed by atoms with Crippen LogP contribution in [0.15, 0.2) is 24.3 Å². The average Bonchev–Trinajstić information content (AvgIpc) is 2.34. The van der Waals surface area contributed by atoms with Crippen molar-refractivity contribution < 1.29 is 0 Å². The summed E-state index contributed by atoms with van der Waals surface area (Å²) in [6, 6.07) is 9.62. The highest BCUT2D eigenvalue weighted by Crippen LogP contribution is 2.40. The number of nitrogens with one attached hydrogen (secondary N) is 1. The van der Waals surface area contributed by atoms with Crippen molar-refractivity contribution in [1.29, 1.82) is 0 Å². The molecular weight excluding hydrogens is 266 g/mol. The lowest BCUT2D eigenvalue weighted by molar-refractivity contribution is 0.262. The summed E-state index contributed by atoms with van der Waals surface area (Å²) in [4.78, 5) is 0. The Kier molecular flexibility index (Phi) is 5.92. The fourth-order valence-corrected chi connectivity index (χ4v) is 3.42. The first-order chi connectivity index (χ1) is 9.56. The molecule has 0 saturated heterocycles. The molecule has 1 saturated carbocycles. The molecule has 0 heterocycles. The first kappa shape index (κ1) is 15.9. The van der Waals surface area contributed by atoms with Crippen LogP contribution in [0.25, 0.3) is 0 Å². The van der Waals surface area contributed by atoms with Gasteiger partial charge in [-0.3, -0.25) is 0 Å². The van der Waals surface area contributed by atoms with Crippen LogP contribution >= 0.6 is 11.6 Å². The molecule has 1 aliphatic rings. The second-order valence-electron chi connectivity index (χ2n) is 6.78.